The first-order valence-corrected chi connectivity index (χ1v) is 10.1. The van der Waals surface area contributed by atoms with E-state index in [0.717, 1.165) is 41.6 Å². The summed E-state index contributed by atoms with van der Waals surface area (Å²) in [5.74, 6) is 3.17. The van der Waals surface area contributed by atoms with Crippen LogP contribution in [0.15, 0.2) is 35.5 Å². The molecule has 0 saturated heterocycles. The van der Waals surface area contributed by atoms with Crippen LogP contribution in [0.25, 0.3) is 0 Å². The van der Waals surface area contributed by atoms with Gasteiger partial charge in [0.1, 0.15) is 17.6 Å². The number of fused-ring (bicyclic) bond motifs is 1. The fourth-order valence-electron chi connectivity index (χ4n) is 3.26. The van der Waals surface area contributed by atoms with Crippen molar-refractivity contribution in [2.75, 3.05) is 20.3 Å². The molecule has 0 amide bonds. The van der Waals surface area contributed by atoms with Gasteiger partial charge in [-0.25, -0.2) is 9.98 Å². The summed E-state index contributed by atoms with van der Waals surface area (Å²) in [7, 11) is 1.61. The van der Waals surface area contributed by atoms with Gasteiger partial charge in [0.05, 0.1) is 20.3 Å². The van der Waals surface area contributed by atoms with Crippen molar-refractivity contribution in [3.63, 3.8) is 0 Å². The first-order valence-electron chi connectivity index (χ1n) is 10.1. The zero-order valence-electron chi connectivity index (χ0n) is 18.0. The molecule has 0 saturated carbocycles. The Morgan fingerprint density at radius 3 is 2.83 bits per heavy atom. The highest BCUT2D eigenvalue weighted by molar-refractivity contribution is 14.0. The molecule has 0 bridgehead atoms. The molecule has 0 radical (unpaired) electrons. The average molecular weight is 526 g/mol. The van der Waals surface area contributed by atoms with Crippen molar-refractivity contribution in [1.29, 1.82) is 0 Å². The number of hydrogen-bond acceptors (Lipinski definition) is 5. The molecular formula is C22H31IN4O3. The van der Waals surface area contributed by atoms with Crippen LogP contribution >= 0.6 is 24.0 Å². The minimum atomic E-state index is 0. The van der Waals surface area contributed by atoms with Crippen molar-refractivity contribution in [1.82, 2.24) is 15.6 Å². The van der Waals surface area contributed by atoms with E-state index < -0.39 is 0 Å². The molecule has 2 aromatic rings. The number of nitrogens with zero attached hydrogens (tertiary/aromatic N) is 2. The van der Waals surface area contributed by atoms with Crippen LogP contribution in [-0.4, -0.2) is 37.3 Å². The summed E-state index contributed by atoms with van der Waals surface area (Å²) < 4.78 is 17.0. The number of benzene rings is 1. The minimum absolute atomic E-state index is 0. The van der Waals surface area contributed by atoms with Gasteiger partial charge in [-0.05, 0) is 44.5 Å². The van der Waals surface area contributed by atoms with Crippen LogP contribution in [0.5, 0.6) is 17.4 Å². The molecule has 7 nitrogen and oxygen atoms in total. The number of hydrogen-bond donors (Lipinski definition) is 2. The van der Waals surface area contributed by atoms with Crippen molar-refractivity contribution in [2.24, 2.45) is 4.99 Å². The Hall–Kier alpha value is -2.23. The van der Waals surface area contributed by atoms with Gasteiger partial charge < -0.3 is 24.8 Å². The second-order valence-electron chi connectivity index (χ2n) is 6.89. The summed E-state index contributed by atoms with van der Waals surface area (Å²) in [4.78, 5) is 8.80. The zero-order valence-corrected chi connectivity index (χ0v) is 20.4. The summed E-state index contributed by atoms with van der Waals surface area (Å²) >= 11 is 0. The Kier molecular flexibility index (Phi) is 9.48. The van der Waals surface area contributed by atoms with Gasteiger partial charge in [0.25, 0.3) is 0 Å². The minimum Gasteiger partial charge on any atom is -0.494 e. The maximum absolute atomic E-state index is 5.92. The summed E-state index contributed by atoms with van der Waals surface area (Å²) in [6.45, 7) is 8.64. The average Bonchev–Trinajstić information content (AvgIpc) is 3.09. The standard InChI is InChI=1S/C22H30N4O3.HI/c1-5-23-22(25-13-16-7-8-24-21(10-16)27-4)26-14-18-12-20-17(9-15(3)29-20)11-19(18)28-6-2;/h7-8,10-12,15H,5-6,9,13-14H2,1-4H3,(H2,23,25,26);1H. The number of nitrogens with one attached hydrogen (secondary N) is 2. The second kappa shape index (κ2) is 11.8. The van der Waals surface area contributed by atoms with Gasteiger partial charge in [-0.15, -0.1) is 24.0 Å². The van der Waals surface area contributed by atoms with Gasteiger partial charge in [-0.2, -0.15) is 0 Å². The SMILES string of the molecule is CCNC(=NCc1ccnc(OC)c1)NCc1cc2c(cc1OCC)CC(C)O2.I. The zero-order chi connectivity index (χ0) is 20.6. The molecule has 3 rings (SSSR count). The highest BCUT2D eigenvalue weighted by atomic mass is 127. The van der Waals surface area contributed by atoms with Gasteiger partial charge in [0.2, 0.25) is 5.88 Å². The lowest BCUT2D eigenvalue weighted by Crippen LogP contribution is -2.36. The van der Waals surface area contributed by atoms with Crippen molar-refractivity contribution < 1.29 is 14.2 Å². The normalized spacial score (nSPS) is 14.9. The van der Waals surface area contributed by atoms with Crippen LogP contribution in [0.1, 0.15) is 37.5 Å². The molecule has 1 aromatic carbocycles. The molecule has 0 fully saturated rings. The van der Waals surface area contributed by atoms with Gasteiger partial charge >= 0.3 is 0 Å². The molecule has 164 valence electrons. The van der Waals surface area contributed by atoms with E-state index in [-0.39, 0.29) is 30.1 Å². The number of ether oxygens (including phenoxy) is 3. The van der Waals surface area contributed by atoms with Crippen molar-refractivity contribution in [3.05, 3.63) is 47.2 Å². The lowest BCUT2D eigenvalue weighted by Gasteiger charge is -2.15. The lowest BCUT2D eigenvalue weighted by molar-refractivity contribution is 0.254. The fourth-order valence-corrected chi connectivity index (χ4v) is 3.26. The maximum atomic E-state index is 5.92. The summed E-state index contributed by atoms with van der Waals surface area (Å²) in [5, 5.41) is 6.68. The van der Waals surface area contributed by atoms with Crippen LogP contribution in [0.4, 0.5) is 0 Å². The van der Waals surface area contributed by atoms with Crippen LogP contribution in [0.2, 0.25) is 0 Å². The van der Waals surface area contributed by atoms with Gasteiger partial charge in [0.15, 0.2) is 5.96 Å². The molecule has 8 heteroatoms. The Morgan fingerprint density at radius 2 is 2.10 bits per heavy atom. The predicted octanol–water partition coefficient (Wildman–Crippen LogP) is 3.69. The molecule has 1 aliphatic rings. The van der Waals surface area contributed by atoms with E-state index in [9.17, 15) is 0 Å². The van der Waals surface area contributed by atoms with Gasteiger partial charge in [0, 0.05) is 42.9 Å². The molecule has 2 heterocycles. The highest BCUT2D eigenvalue weighted by Gasteiger charge is 2.21. The Balaban J connectivity index is 0.00000320. The number of aromatic nitrogens is 1. The van der Waals surface area contributed by atoms with E-state index in [4.69, 9.17) is 14.2 Å². The number of aliphatic imine (C=N–C) groups is 1. The molecular weight excluding hydrogens is 495 g/mol. The quantitative estimate of drug-likeness (QED) is 0.311. The molecule has 30 heavy (non-hydrogen) atoms. The molecule has 0 aliphatic carbocycles. The number of halogens is 1. The predicted molar refractivity (Wildman–Crippen MR) is 129 cm³/mol. The lowest BCUT2D eigenvalue weighted by atomic mass is 10.1. The molecule has 1 atom stereocenters. The first-order chi connectivity index (χ1) is 14.1. The Morgan fingerprint density at radius 1 is 1.27 bits per heavy atom. The second-order valence-corrected chi connectivity index (χ2v) is 6.89. The topological polar surface area (TPSA) is 77.0 Å². The van der Waals surface area contributed by atoms with Crippen molar-refractivity contribution >= 4 is 29.9 Å². The summed E-state index contributed by atoms with van der Waals surface area (Å²) in [6, 6.07) is 8.00. The molecule has 1 aliphatic heterocycles. The molecule has 0 spiro atoms. The van der Waals surface area contributed by atoms with Crippen molar-refractivity contribution in [3.8, 4) is 17.4 Å². The third-order valence-electron chi connectivity index (χ3n) is 4.60. The highest BCUT2D eigenvalue weighted by Crippen LogP contribution is 2.35. The number of methoxy groups -OCH3 is 1. The monoisotopic (exact) mass is 526 g/mol. The van der Waals surface area contributed by atoms with Crippen LogP contribution < -0.4 is 24.8 Å². The van der Waals surface area contributed by atoms with E-state index in [1.807, 2.05) is 26.0 Å². The summed E-state index contributed by atoms with van der Waals surface area (Å²) in [6.07, 6.45) is 2.85. The van der Waals surface area contributed by atoms with E-state index in [0.29, 0.717) is 25.6 Å². The van der Waals surface area contributed by atoms with Gasteiger partial charge in [-0.3, -0.25) is 0 Å². The molecule has 2 N–H and O–H groups in total. The van der Waals surface area contributed by atoms with Crippen LogP contribution in [0.3, 0.4) is 0 Å². The van der Waals surface area contributed by atoms with Gasteiger partial charge in [-0.1, -0.05) is 0 Å². The van der Waals surface area contributed by atoms with E-state index in [2.05, 4.69) is 39.7 Å². The van der Waals surface area contributed by atoms with Crippen LogP contribution in [-0.2, 0) is 19.5 Å². The first kappa shape index (κ1) is 24.0. The van der Waals surface area contributed by atoms with Crippen molar-refractivity contribution in [2.45, 2.75) is 46.4 Å². The van der Waals surface area contributed by atoms with E-state index >= 15 is 0 Å². The number of rotatable bonds is 8. The smallest absolute Gasteiger partial charge is 0.213 e. The summed E-state index contributed by atoms with van der Waals surface area (Å²) in [5.41, 5.74) is 3.29. The largest absolute Gasteiger partial charge is 0.494 e. The third kappa shape index (κ3) is 6.38. The van der Waals surface area contributed by atoms with E-state index in [1.54, 1.807) is 13.3 Å². The Labute approximate surface area is 195 Å². The van der Waals surface area contributed by atoms with E-state index in [1.165, 1.54) is 5.56 Å². The third-order valence-corrected chi connectivity index (χ3v) is 4.60. The maximum Gasteiger partial charge on any atom is 0.213 e. The molecule has 1 aromatic heterocycles. The Bertz CT molecular complexity index is 860. The van der Waals surface area contributed by atoms with Crippen LogP contribution in [0, 0.1) is 0 Å². The fraction of sp³-hybridized carbons (Fsp3) is 0.455. The molecule has 1 unspecified atom stereocenters. The number of pyridine rings is 1. The number of guanidine groups is 1.